The van der Waals surface area contributed by atoms with Gasteiger partial charge in [0.15, 0.2) is 0 Å². The van der Waals surface area contributed by atoms with Crippen molar-refractivity contribution < 1.29 is 0 Å². The van der Waals surface area contributed by atoms with Crippen LogP contribution in [0.2, 0.25) is 0 Å². The molecule has 19 heavy (non-hydrogen) atoms. The number of aromatic nitrogens is 3. The molecule has 2 rings (SSSR count). The zero-order chi connectivity index (χ0) is 13.5. The van der Waals surface area contributed by atoms with Gasteiger partial charge in [-0.25, -0.2) is 4.98 Å². The molecular weight excluding hydrogens is 238 g/mol. The molecule has 0 spiro atoms. The molecule has 1 N–H and O–H groups in total. The minimum atomic E-state index is 0.654. The van der Waals surface area contributed by atoms with Gasteiger partial charge < -0.3 is 10.2 Å². The van der Waals surface area contributed by atoms with E-state index in [0.29, 0.717) is 12.5 Å². The van der Waals surface area contributed by atoms with E-state index in [4.69, 9.17) is 0 Å². The summed E-state index contributed by atoms with van der Waals surface area (Å²) in [7, 11) is 0. The van der Waals surface area contributed by atoms with Crippen molar-refractivity contribution in [1.82, 2.24) is 15.0 Å². The van der Waals surface area contributed by atoms with Gasteiger partial charge in [0.1, 0.15) is 5.82 Å². The highest BCUT2D eigenvalue weighted by Crippen LogP contribution is 2.12. The third kappa shape index (κ3) is 3.64. The maximum absolute atomic E-state index is 4.52. The molecule has 0 aliphatic rings. The van der Waals surface area contributed by atoms with Crippen LogP contribution in [0, 0.1) is 0 Å². The van der Waals surface area contributed by atoms with Crippen LogP contribution in [0.3, 0.4) is 0 Å². The molecule has 0 aliphatic carbocycles. The lowest BCUT2D eigenvalue weighted by Crippen LogP contribution is -2.23. The number of hydrogen-bond donors (Lipinski definition) is 1. The van der Waals surface area contributed by atoms with Gasteiger partial charge in [0.2, 0.25) is 5.95 Å². The summed E-state index contributed by atoms with van der Waals surface area (Å²) in [5, 5.41) is 3.23. The van der Waals surface area contributed by atoms with E-state index in [1.807, 2.05) is 18.2 Å². The fourth-order valence-electron chi connectivity index (χ4n) is 1.84. The molecule has 2 aromatic rings. The second-order valence-electron chi connectivity index (χ2n) is 4.12. The summed E-state index contributed by atoms with van der Waals surface area (Å²) >= 11 is 0. The van der Waals surface area contributed by atoms with Crippen molar-refractivity contribution >= 4 is 11.8 Å². The number of nitrogens with zero attached hydrogens (tertiary/aromatic N) is 4. The van der Waals surface area contributed by atoms with Crippen molar-refractivity contribution in [2.45, 2.75) is 20.4 Å². The first-order valence-corrected chi connectivity index (χ1v) is 6.54. The lowest BCUT2D eigenvalue weighted by molar-refractivity contribution is 0.841. The lowest BCUT2D eigenvalue weighted by atomic mass is 10.3. The van der Waals surface area contributed by atoms with Crippen molar-refractivity contribution in [3.05, 3.63) is 42.4 Å². The minimum absolute atomic E-state index is 0.654. The molecule has 0 saturated carbocycles. The highest BCUT2D eigenvalue weighted by Gasteiger charge is 2.04. The van der Waals surface area contributed by atoms with Crippen LogP contribution in [0.5, 0.6) is 0 Å². The molecule has 0 fully saturated rings. The quantitative estimate of drug-likeness (QED) is 0.860. The van der Waals surface area contributed by atoms with E-state index < -0.39 is 0 Å². The molecule has 0 unspecified atom stereocenters. The van der Waals surface area contributed by atoms with E-state index in [1.165, 1.54) is 0 Å². The first-order valence-electron chi connectivity index (χ1n) is 6.54. The van der Waals surface area contributed by atoms with E-state index in [-0.39, 0.29) is 0 Å². The average Bonchev–Trinajstić information content (AvgIpc) is 2.48. The number of hydrogen-bond acceptors (Lipinski definition) is 5. The monoisotopic (exact) mass is 257 g/mol. The van der Waals surface area contributed by atoms with Crippen molar-refractivity contribution in [3.63, 3.8) is 0 Å². The Morgan fingerprint density at radius 2 is 1.79 bits per heavy atom. The van der Waals surface area contributed by atoms with Gasteiger partial charge in [-0.2, -0.15) is 4.98 Å². The molecule has 5 heteroatoms. The van der Waals surface area contributed by atoms with Crippen LogP contribution in [-0.4, -0.2) is 28.0 Å². The summed E-state index contributed by atoms with van der Waals surface area (Å²) in [5.41, 5.74) is 1.16. The Labute approximate surface area is 113 Å². The highest BCUT2D eigenvalue weighted by molar-refractivity contribution is 5.42. The summed E-state index contributed by atoms with van der Waals surface area (Å²) in [6.07, 6.45) is 5.35. The minimum Gasteiger partial charge on any atom is -0.357 e. The van der Waals surface area contributed by atoms with Gasteiger partial charge in [-0.05, 0) is 37.6 Å². The molecule has 2 heterocycles. The number of anilines is 2. The Morgan fingerprint density at radius 3 is 2.47 bits per heavy atom. The van der Waals surface area contributed by atoms with E-state index in [0.717, 1.165) is 24.5 Å². The van der Waals surface area contributed by atoms with Crippen molar-refractivity contribution in [1.29, 1.82) is 0 Å². The van der Waals surface area contributed by atoms with Crippen molar-refractivity contribution in [3.8, 4) is 0 Å². The van der Waals surface area contributed by atoms with Crippen LogP contribution in [-0.2, 0) is 6.54 Å². The second kappa shape index (κ2) is 6.68. The third-order valence-electron chi connectivity index (χ3n) is 2.93. The predicted molar refractivity (Wildman–Crippen MR) is 77.2 cm³/mol. The highest BCUT2D eigenvalue weighted by atomic mass is 15.2. The lowest BCUT2D eigenvalue weighted by Gasteiger charge is -2.19. The van der Waals surface area contributed by atoms with Gasteiger partial charge in [0.05, 0.1) is 0 Å². The van der Waals surface area contributed by atoms with E-state index in [1.54, 1.807) is 18.6 Å². The standard InChI is InChI=1S/C14H19N5/c1-3-19(4-2)13-7-10-16-14(18-13)17-11-12-5-8-15-9-6-12/h5-10H,3-4,11H2,1-2H3,(H,16,17,18). The van der Waals surface area contributed by atoms with E-state index >= 15 is 0 Å². The molecule has 100 valence electrons. The molecule has 0 atom stereocenters. The van der Waals surface area contributed by atoms with Crippen molar-refractivity contribution in [2.24, 2.45) is 0 Å². The van der Waals surface area contributed by atoms with Gasteiger partial charge in [0, 0.05) is 38.2 Å². The molecular formula is C14H19N5. The van der Waals surface area contributed by atoms with Crippen LogP contribution in [0.4, 0.5) is 11.8 Å². The van der Waals surface area contributed by atoms with Crippen LogP contribution in [0.15, 0.2) is 36.8 Å². The van der Waals surface area contributed by atoms with Crippen LogP contribution < -0.4 is 10.2 Å². The van der Waals surface area contributed by atoms with Gasteiger partial charge in [-0.1, -0.05) is 0 Å². The Bertz CT molecular complexity index is 496. The number of rotatable bonds is 6. The summed E-state index contributed by atoms with van der Waals surface area (Å²) in [5.74, 6) is 1.61. The molecule has 5 nitrogen and oxygen atoms in total. The molecule has 0 bridgehead atoms. The third-order valence-corrected chi connectivity index (χ3v) is 2.93. The van der Waals surface area contributed by atoms with Gasteiger partial charge in [-0.15, -0.1) is 0 Å². The van der Waals surface area contributed by atoms with Crippen LogP contribution >= 0.6 is 0 Å². The Kier molecular flexibility index (Phi) is 4.66. The first-order chi connectivity index (χ1) is 9.33. The number of nitrogens with one attached hydrogen (secondary N) is 1. The van der Waals surface area contributed by atoms with E-state index in [9.17, 15) is 0 Å². The fraction of sp³-hybridized carbons (Fsp3) is 0.357. The van der Waals surface area contributed by atoms with Crippen LogP contribution in [0.25, 0.3) is 0 Å². The Hall–Kier alpha value is -2.17. The van der Waals surface area contributed by atoms with Gasteiger partial charge in [0.25, 0.3) is 0 Å². The van der Waals surface area contributed by atoms with Gasteiger partial charge >= 0.3 is 0 Å². The molecule has 2 aromatic heterocycles. The van der Waals surface area contributed by atoms with Gasteiger partial charge in [-0.3, -0.25) is 4.98 Å². The molecule has 0 aliphatic heterocycles. The summed E-state index contributed by atoms with van der Waals surface area (Å²) in [4.78, 5) is 14.9. The molecule has 0 radical (unpaired) electrons. The molecule has 0 aromatic carbocycles. The smallest absolute Gasteiger partial charge is 0.224 e. The van der Waals surface area contributed by atoms with E-state index in [2.05, 4.69) is 39.0 Å². The largest absolute Gasteiger partial charge is 0.357 e. The summed E-state index contributed by atoms with van der Waals surface area (Å²) < 4.78 is 0. The Balaban J connectivity index is 2.03. The predicted octanol–water partition coefficient (Wildman–Crippen LogP) is 2.33. The summed E-state index contributed by atoms with van der Waals surface area (Å²) in [6.45, 7) is 6.82. The topological polar surface area (TPSA) is 53.9 Å². The maximum Gasteiger partial charge on any atom is 0.224 e. The van der Waals surface area contributed by atoms with Crippen LogP contribution in [0.1, 0.15) is 19.4 Å². The molecule has 0 amide bonds. The SMILES string of the molecule is CCN(CC)c1ccnc(NCc2ccncc2)n1. The average molecular weight is 257 g/mol. The fourth-order valence-corrected chi connectivity index (χ4v) is 1.84. The summed E-state index contributed by atoms with van der Waals surface area (Å²) in [6, 6.07) is 5.88. The zero-order valence-corrected chi connectivity index (χ0v) is 11.4. The normalized spacial score (nSPS) is 10.2. The van der Waals surface area contributed by atoms with Crippen molar-refractivity contribution in [2.75, 3.05) is 23.3 Å². The Morgan fingerprint density at radius 1 is 1.05 bits per heavy atom. The zero-order valence-electron chi connectivity index (χ0n) is 11.4. The first kappa shape index (κ1) is 13.3. The second-order valence-corrected chi connectivity index (χ2v) is 4.12. The maximum atomic E-state index is 4.52. The number of pyridine rings is 1. The molecule has 0 saturated heterocycles.